The highest BCUT2D eigenvalue weighted by atomic mass is 19.1. The molecule has 6 heteroatoms. The summed E-state index contributed by atoms with van der Waals surface area (Å²) in [6, 6.07) is 10.5. The first-order chi connectivity index (χ1) is 11.0. The maximum atomic E-state index is 13.2. The van der Waals surface area contributed by atoms with Crippen molar-refractivity contribution in [2.45, 2.75) is 6.42 Å². The number of carbonyl (C=O) groups excluding carboxylic acids is 1. The molecule has 0 aliphatic heterocycles. The van der Waals surface area contributed by atoms with Crippen molar-refractivity contribution in [2.24, 2.45) is 0 Å². The Morgan fingerprint density at radius 3 is 2.61 bits per heavy atom. The van der Waals surface area contributed by atoms with E-state index in [2.05, 4.69) is 10.3 Å². The Bertz CT molecular complexity index is 839. The molecule has 0 atom stereocenters. The Labute approximate surface area is 133 Å². The third-order valence-corrected chi connectivity index (χ3v) is 3.47. The number of rotatable bonds is 4. The molecule has 2 aromatic heterocycles. The Kier molecular flexibility index (Phi) is 3.97. The molecule has 2 heterocycles. The number of hydrogen-bond donors (Lipinski definition) is 1. The van der Waals surface area contributed by atoms with Gasteiger partial charge in [0.25, 0.3) is 0 Å². The van der Waals surface area contributed by atoms with Crippen molar-refractivity contribution >= 4 is 22.9 Å². The number of amides is 1. The third kappa shape index (κ3) is 3.48. The van der Waals surface area contributed by atoms with Crippen molar-refractivity contribution in [2.75, 3.05) is 24.3 Å². The van der Waals surface area contributed by atoms with E-state index in [-0.39, 0.29) is 18.1 Å². The zero-order valence-electron chi connectivity index (χ0n) is 13.0. The van der Waals surface area contributed by atoms with E-state index in [1.165, 1.54) is 12.3 Å². The maximum absolute atomic E-state index is 13.2. The van der Waals surface area contributed by atoms with Crippen molar-refractivity contribution in [3.8, 4) is 0 Å². The van der Waals surface area contributed by atoms with Crippen LogP contribution < -0.4 is 10.2 Å². The highest BCUT2D eigenvalue weighted by Gasteiger charge is 2.09. The fourth-order valence-corrected chi connectivity index (χ4v) is 2.31. The van der Waals surface area contributed by atoms with Crippen molar-refractivity contribution in [1.29, 1.82) is 0 Å². The van der Waals surface area contributed by atoms with Gasteiger partial charge in [-0.15, -0.1) is 0 Å². The number of carbonyl (C=O) groups is 1. The summed E-state index contributed by atoms with van der Waals surface area (Å²) in [5.41, 5.74) is 3.00. The van der Waals surface area contributed by atoms with E-state index in [0.29, 0.717) is 11.3 Å². The summed E-state index contributed by atoms with van der Waals surface area (Å²) in [6.07, 6.45) is 3.13. The lowest BCUT2D eigenvalue weighted by atomic mass is 10.2. The molecule has 0 saturated heterocycles. The summed E-state index contributed by atoms with van der Waals surface area (Å²) < 4.78 is 14.7. The van der Waals surface area contributed by atoms with Gasteiger partial charge >= 0.3 is 0 Å². The zero-order chi connectivity index (χ0) is 16.4. The molecular weight excluding hydrogens is 295 g/mol. The third-order valence-electron chi connectivity index (χ3n) is 3.47. The molecule has 0 fully saturated rings. The number of anilines is 2. The van der Waals surface area contributed by atoms with Gasteiger partial charge in [-0.25, -0.2) is 9.37 Å². The smallest absolute Gasteiger partial charge is 0.230 e. The van der Waals surface area contributed by atoms with E-state index in [1.54, 1.807) is 16.7 Å². The first-order valence-electron chi connectivity index (χ1n) is 7.21. The molecule has 23 heavy (non-hydrogen) atoms. The van der Waals surface area contributed by atoms with Crippen LogP contribution in [0.2, 0.25) is 0 Å². The minimum atomic E-state index is -0.341. The SMILES string of the molecule is CN(C)c1ccc(NC(=O)Cc2cn3cc(F)ccc3n2)cc1. The Hall–Kier alpha value is -2.89. The maximum Gasteiger partial charge on any atom is 0.230 e. The van der Waals surface area contributed by atoms with Gasteiger partial charge in [-0.05, 0) is 36.4 Å². The lowest BCUT2D eigenvalue weighted by molar-refractivity contribution is -0.115. The molecule has 1 aromatic carbocycles. The molecule has 0 aliphatic rings. The molecule has 0 unspecified atom stereocenters. The zero-order valence-corrected chi connectivity index (χ0v) is 13.0. The van der Waals surface area contributed by atoms with Crippen molar-refractivity contribution in [3.05, 3.63) is 60.3 Å². The molecule has 0 saturated carbocycles. The lowest BCUT2D eigenvalue weighted by Gasteiger charge is -2.12. The van der Waals surface area contributed by atoms with Crippen molar-refractivity contribution in [1.82, 2.24) is 9.38 Å². The number of nitrogens with zero attached hydrogens (tertiary/aromatic N) is 3. The van der Waals surface area contributed by atoms with E-state index >= 15 is 0 Å². The molecule has 1 amide bonds. The van der Waals surface area contributed by atoms with Crippen LogP contribution in [-0.4, -0.2) is 29.4 Å². The predicted octanol–water partition coefficient (Wildman–Crippen LogP) is 2.72. The van der Waals surface area contributed by atoms with Gasteiger partial charge in [0.2, 0.25) is 5.91 Å². The van der Waals surface area contributed by atoms with Gasteiger partial charge < -0.3 is 14.6 Å². The molecule has 3 aromatic rings. The second kappa shape index (κ2) is 6.08. The predicted molar refractivity (Wildman–Crippen MR) is 88.3 cm³/mol. The largest absolute Gasteiger partial charge is 0.378 e. The summed E-state index contributed by atoms with van der Waals surface area (Å²) in [4.78, 5) is 18.4. The van der Waals surface area contributed by atoms with Crippen molar-refractivity contribution < 1.29 is 9.18 Å². The van der Waals surface area contributed by atoms with Crippen LogP contribution in [0.3, 0.4) is 0 Å². The fraction of sp³-hybridized carbons (Fsp3) is 0.176. The summed E-state index contributed by atoms with van der Waals surface area (Å²) in [5, 5.41) is 2.83. The quantitative estimate of drug-likeness (QED) is 0.806. The van der Waals surface area contributed by atoms with Crippen LogP contribution in [0.1, 0.15) is 5.69 Å². The highest BCUT2D eigenvalue weighted by Crippen LogP contribution is 2.16. The molecule has 0 aliphatic carbocycles. The van der Waals surface area contributed by atoms with Gasteiger partial charge in [0.1, 0.15) is 11.5 Å². The normalized spacial score (nSPS) is 10.7. The monoisotopic (exact) mass is 312 g/mol. The van der Waals surface area contributed by atoms with Gasteiger partial charge in [0.05, 0.1) is 12.1 Å². The van der Waals surface area contributed by atoms with E-state index in [9.17, 15) is 9.18 Å². The number of imidazole rings is 1. The van der Waals surface area contributed by atoms with Crippen LogP contribution in [0, 0.1) is 5.82 Å². The van der Waals surface area contributed by atoms with Crippen LogP contribution in [0.15, 0.2) is 48.8 Å². The number of halogens is 1. The topological polar surface area (TPSA) is 49.6 Å². The Morgan fingerprint density at radius 2 is 1.91 bits per heavy atom. The van der Waals surface area contributed by atoms with E-state index in [1.807, 2.05) is 43.3 Å². The van der Waals surface area contributed by atoms with Gasteiger partial charge in [-0.2, -0.15) is 0 Å². The van der Waals surface area contributed by atoms with Crippen LogP contribution in [0.25, 0.3) is 5.65 Å². The number of hydrogen-bond acceptors (Lipinski definition) is 3. The van der Waals surface area contributed by atoms with Crippen LogP contribution in [-0.2, 0) is 11.2 Å². The second-order valence-corrected chi connectivity index (χ2v) is 5.51. The summed E-state index contributed by atoms with van der Waals surface area (Å²) in [7, 11) is 3.92. The number of benzene rings is 1. The molecule has 0 spiro atoms. The number of nitrogens with one attached hydrogen (secondary N) is 1. The number of aromatic nitrogens is 2. The van der Waals surface area contributed by atoms with Gasteiger partial charge in [0, 0.05) is 37.9 Å². The minimum absolute atomic E-state index is 0.138. The molecule has 5 nitrogen and oxygen atoms in total. The second-order valence-electron chi connectivity index (χ2n) is 5.51. The van der Waals surface area contributed by atoms with Crippen LogP contribution in [0.5, 0.6) is 0 Å². The van der Waals surface area contributed by atoms with E-state index in [4.69, 9.17) is 0 Å². The molecule has 1 N–H and O–H groups in total. The van der Waals surface area contributed by atoms with Gasteiger partial charge in [-0.3, -0.25) is 4.79 Å². The average molecular weight is 312 g/mol. The average Bonchev–Trinajstić information content (AvgIpc) is 2.88. The molecule has 0 bridgehead atoms. The fourth-order valence-electron chi connectivity index (χ4n) is 2.31. The van der Waals surface area contributed by atoms with Crippen LogP contribution >= 0.6 is 0 Å². The van der Waals surface area contributed by atoms with Gasteiger partial charge in [-0.1, -0.05) is 0 Å². The number of pyridine rings is 1. The molecule has 3 rings (SSSR count). The van der Waals surface area contributed by atoms with E-state index < -0.39 is 0 Å². The first kappa shape index (κ1) is 15.0. The molecular formula is C17H17FN4O. The van der Waals surface area contributed by atoms with Crippen LogP contribution in [0.4, 0.5) is 15.8 Å². The van der Waals surface area contributed by atoms with Gasteiger partial charge in [0.15, 0.2) is 0 Å². The number of fused-ring (bicyclic) bond motifs is 1. The minimum Gasteiger partial charge on any atom is -0.378 e. The Morgan fingerprint density at radius 1 is 1.17 bits per heavy atom. The lowest BCUT2D eigenvalue weighted by Crippen LogP contribution is -2.15. The molecule has 118 valence electrons. The standard InChI is InChI=1S/C17H17FN4O/c1-21(2)15-6-4-13(5-7-15)20-17(23)9-14-11-22-10-12(18)3-8-16(22)19-14/h3-8,10-11H,9H2,1-2H3,(H,20,23). The highest BCUT2D eigenvalue weighted by molar-refractivity contribution is 5.92. The van der Waals surface area contributed by atoms with E-state index in [0.717, 1.165) is 11.4 Å². The Balaban J connectivity index is 1.68. The summed E-state index contributed by atoms with van der Waals surface area (Å²) >= 11 is 0. The summed E-state index contributed by atoms with van der Waals surface area (Å²) in [6.45, 7) is 0. The first-order valence-corrected chi connectivity index (χ1v) is 7.21. The molecule has 0 radical (unpaired) electrons. The summed E-state index contributed by atoms with van der Waals surface area (Å²) in [5.74, 6) is -0.502. The van der Waals surface area contributed by atoms with Crippen molar-refractivity contribution in [3.63, 3.8) is 0 Å².